The lowest BCUT2D eigenvalue weighted by molar-refractivity contribution is 0.425. The first kappa shape index (κ1) is 14.1. The summed E-state index contributed by atoms with van der Waals surface area (Å²) in [6.07, 6.45) is 0. The van der Waals surface area contributed by atoms with Crippen LogP contribution >= 0.6 is 10.7 Å². The third kappa shape index (κ3) is 3.36. The number of benzene rings is 1. The van der Waals surface area contributed by atoms with Crippen LogP contribution < -0.4 is 0 Å². The van der Waals surface area contributed by atoms with E-state index >= 15 is 0 Å². The highest BCUT2D eigenvalue weighted by Crippen LogP contribution is 2.33. The van der Waals surface area contributed by atoms with Crippen molar-refractivity contribution in [1.82, 2.24) is 5.16 Å². The standard InChI is InChI=1S/C13H14ClNO3S/c1-9(2)12-11(8-19(14,16)17)15-18-13(12)10-6-4-3-5-7-10/h3-7,9H,8H2,1-2H3. The summed E-state index contributed by atoms with van der Waals surface area (Å²) in [7, 11) is 1.64. The third-order valence-corrected chi connectivity index (χ3v) is 3.67. The van der Waals surface area contributed by atoms with E-state index in [0.29, 0.717) is 11.5 Å². The van der Waals surface area contributed by atoms with Crippen molar-refractivity contribution in [1.29, 1.82) is 0 Å². The molecule has 0 atom stereocenters. The zero-order valence-corrected chi connectivity index (χ0v) is 12.2. The van der Waals surface area contributed by atoms with Gasteiger partial charge in [-0.1, -0.05) is 49.3 Å². The lowest BCUT2D eigenvalue weighted by Crippen LogP contribution is -2.01. The second kappa shape index (κ2) is 5.35. The van der Waals surface area contributed by atoms with Crippen molar-refractivity contribution in [2.45, 2.75) is 25.5 Å². The van der Waals surface area contributed by atoms with E-state index in [1.807, 2.05) is 44.2 Å². The maximum atomic E-state index is 11.2. The molecule has 19 heavy (non-hydrogen) atoms. The van der Waals surface area contributed by atoms with Crippen molar-refractivity contribution < 1.29 is 12.9 Å². The largest absolute Gasteiger partial charge is 0.356 e. The van der Waals surface area contributed by atoms with Gasteiger partial charge in [0.25, 0.3) is 0 Å². The molecule has 0 aliphatic rings. The van der Waals surface area contributed by atoms with Gasteiger partial charge >= 0.3 is 0 Å². The van der Waals surface area contributed by atoms with Crippen LogP contribution in [0.1, 0.15) is 31.0 Å². The Labute approximate surface area is 116 Å². The number of rotatable bonds is 4. The molecule has 4 nitrogen and oxygen atoms in total. The minimum Gasteiger partial charge on any atom is -0.356 e. The number of hydrogen-bond acceptors (Lipinski definition) is 4. The van der Waals surface area contributed by atoms with Gasteiger partial charge in [-0.05, 0) is 5.92 Å². The maximum Gasteiger partial charge on any atom is 0.238 e. The van der Waals surface area contributed by atoms with E-state index in [0.717, 1.165) is 11.1 Å². The van der Waals surface area contributed by atoms with Crippen LogP contribution in [0.15, 0.2) is 34.9 Å². The van der Waals surface area contributed by atoms with E-state index < -0.39 is 9.05 Å². The second-order valence-electron chi connectivity index (χ2n) is 4.58. The summed E-state index contributed by atoms with van der Waals surface area (Å²) in [6, 6.07) is 9.47. The summed E-state index contributed by atoms with van der Waals surface area (Å²) in [5.74, 6) is 0.374. The normalized spacial score (nSPS) is 12.0. The maximum absolute atomic E-state index is 11.2. The van der Waals surface area contributed by atoms with Gasteiger partial charge in [-0.25, -0.2) is 8.42 Å². The van der Waals surface area contributed by atoms with Crippen molar-refractivity contribution in [3.05, 3.63) is 41.6 Å². The predicted molar refractivity (Wildman–Crippen MR) is 74.5 cm³/mol. The molecule has 1 heterocycles. The summed E-state index contributed by atoms with van der Waals surface area (Å²) < 4.78 is 27.7. The van der Waals surface area contributed by atoms with Gasteiger partial charge in [0.15, 0.2) is 5.76 Å². The second-order valence-corrected chi connectivity index (χ2v) is 7.35. The predicted octanol–water partition coefficient (Wildman–Crippen LogP) is 3.53. The molecular formula is C13H14ClNO3S. The van der Waals surface area contributed by atoms with Crippen molar-refractivity contribution in [2.24, 2.45) is 0 Å². The Kier molecular flexibility index (Phi) is 3.96. The lowest BCUT2D eigenvalue weighted by atomic mass is 9.98. The van der Waals surface area contributed by atoms with E-state index in [1.165, 1.54) is 0 Å². The van der Waals surface area contributed by atoms with Gasteiger partial charge in [0.2, 0.25) is 9.05 Å². The molecule has 102 valence electrons. The summed E-state index contributed by atoms with van der Waals surface area (Å²) in [6.45, 7) is 3.92. The van der Waals surface area contributed by atoms with Crippen LogP contribution in [-0.4, -0.2) is 13.6 Å². The molecule has 0 amide bonds. The Bertz CT molecular complexity index is 662. The topological polar surface area (TPSA) is 60.2 Å². The zero-order chi connectivity index (χ0) is 14.0. The van der Waals surface area contributed by atoms with Crippen LogP contribution in [0.5, 0.6) is 0 Å². The summed E-state index contributed by atoms with van der Waals surface area (Å²) in [5, 5.41) is 3.86. The smallest absolute Gasteiger partial charge is 0.238 e. The summed E-state index contributed by atoms with van der Waals surface area (Å²) >= 11 is 0. The van der Waals surface area contributed by atoms with Crippen LogP contribution in [-0.2, 0) is 14.8 Å². The first-order valence-electron chi connectivity index (χ1n) is 5.84. The van der Waals surface area contributed by atoms with Gasteiger partial charge in [-0.2, -0.15) is 0 Å². The average Bonchev–Trinajstić information content (AvgIpc) is 2.71. The van der Waals surface area contributed by atoms with E-state index in [4.69, 9.17) is 15.2 Å². The minimum absolute atomic E-state index is 0.0925. The molecule has 1 aromatic heterocycles. The van der Waals surface area contributed by atoms with Crippen LogP contribution in [0.4, 0.5) is 0 Å². The highest BCUT2D eigenvalue weighted by Gasteiger charge is 2.23. The minimum atomic E-state index is -3.65. The molecule has 2 rings (SSSR count). The molecule has 6 heteroatoms. The number of halogens is 1. The number of aromatic nitrogens is 1. The van der Waals surface area contributed by atoms with Crippen molar-refractivity contribution >= 4 is 19.7 Å². The lowest BCUT2D eigenvalue weighted by Gasteiger charge is -2.06. The third-order valence-electron chi connectivity index (χ3n) is 2.73. The molecular weight excluding hydrogens is 286 g/mol. The highest BCUT2D eigenvalue weighted by molar-refractivity contribution is 8.13. The SMILES string of the molecule is CC(C)c1c(CS(=O)(=O)Cl)noc1-c1ccccc1. The zero-order valence-electron chi connectivity index (χ0n) is 10.6. The Morgan fingerprint density at radius 3 is 2.42 bits per heavy atom. The molecule has 0 aliphatic heterocycles. The molecule has 0 saturated carbocycles. The molecule has 2 aromatic rings. The Hall–Kier alpha value is -1.33. The molecule has 0 fully saturated rings. The first-order valence-corrected chi connectivity index (χ1v) is 8.32. The number of nitrogens with zero attached hydrogens (tertiary/aromatic N) is 1. The molecule has 0 N–H and O–H groups in total. The van der Waals surface area contributed by atoms with E-state index in [1.54, 1.807) is 0 Å². The average molecular weight is 300 g/mol. The molecule has 1 aromatic carbocycles. The Balaban J connectivity index is 2.52. The van der Waals surface area contributed by atoms with E-state index in [9.17, 15) is 8.42 Å². The van der Waals surface area contributed by atoms with Crippen LogP contribution in [0.3, 0.4) is 0 Å². The molecule has 0 bridgehead atoms. The summed E-state index contributed by atoms with van der Waals surface area (Å²) in [5.41, 5.74) is 2.04. The van der Waals surface area contributed by atoms with Crippen LogP contribution in [0.2, 0.25) is 0 Å². The Morgan fingerprint density at radius 2 is 1.89 bits per heavy atom. The van der Waals surface area contributed by atoms with E-state index in [-0.39, 0.29) is 11.7 Å². The van der Waals surface area contributed by atoms with Gasteiger partial charge in [0, 0.05) is 21.8 Å². The number of hydrogen-bond donors (Lipinski definition) is 0. The quantitative estimate of drug-likeness (QED) is 0.810. The molecule has 0 radical (unpaired) electrons. The van der Waals surface area contributed by atoms with Crippen molar-refractivity contribution in [3.8, 4) is 11.3 Å². The van der Waals surface area contributed by atoms with Crippen molar-refractivity contribution in [2.75, 3.05) is 0 Å². The van der Waals surface area contributed by atoms with Crippen LogP contribution in [0, 0.1) is 0 Å². The fourth-order valence-corrected chi connectivity index (χ4v) is 2.84. The fourth-order valence-electron chi connectivity index (χ4n) is 1.99. The van der Waals surface area contributed by atoms with Crippen LogP contribution in [0.25, 0.3) is 11.3 Å². The first-order chi connectivity index (χ1) is 8.88. The summed E-state index contributed by atoms with van der Waals surface area (Å²) in [4.78, 5) is 0. The highest BCUT2D eigenvalue weighted by atomic mass is 35.7. The molecule has 0 spiro atoms. The van der Waals surface area contributed by atoms with Gasteiger partial charge < -0.3 is 4.52 Å². The van der Waals surface area contributed by atoms with Gasteiger partial charge in [0.1, 0.15) is 11.4 Å². The van der Waals surface area contributed by atoms with Crippen molar-refractivity contribution in [3.63, 3.8) is 0 Å². The van der Waals surface area contributed by atoms with Gasteiger partial charge in [0.05, 0.1) is 0 Å². The van der Waals surface area contributed by atoms with Gasteiger partial charge in [-0.15, -0.1) is 0 Å². The molecule has 0 saturated heterocycles. The molecule has 0 unspecified atom stereocenters. The fraction of sp³-hybridized carbons (Fsp3) is 0.308. The Morgan fingerprint density at radius 1 is 1.26 bits per heavy atom. The molecule has 0 aliphatic carbocycles. The van der Waals surface area contributed by atoms with E-state index in [2.05, 4.69) is 5.16 Å². The monoisotopic (exact) mass is 299 g/mol. The van der Waals surface area contributed by atoms with Gasteiger partial charge in [-0.3, -0.25) is 0 Å².